The number of furan rings is 1. The number of benzene rings is 2. The topological polar surface area (TPSA) is 84.7 Å². The van der Waals surface area contributed by atoms with Crippen LogP contribution >= 0.6 is 0 Å². The van der Waals surface area contributed by atoms with Crippen molar-refractivity contribution in [2.24, 2.45) is 0 Å². The van der Waals surface area contributed by atoms with Gasteiger partial charge in [0.2, 0.25) is 18.6 Å². The molecule has 2 aliphatic rings. The van der Waals surface area contributed by atoms with Crippen molar-refractivity contribution < 1.29 is 32.6 Å². The Hall–Kier alpha value is -3.89. The standard InChI is InChI=1S/C30H34FN3O6/c1-22-2-8-26(40-22)19-34(18-24-5-9-27-28(16-24)39-21-38-27)30(36)20-33(11-10-32-12-14-37-15-13-32)29(35)17-23-3-6-25(31)7-4-23/h2-9,16H,10-15,17-21H2,1H3. The van der Waals surface area contributed by atoms with E-state index >= 15 is 0 Å². The molecule has 40 heavy (non-hydrogen) atoms. The number of hydrogen-bond donors (Lipinski definition) is 0. The van der Waals surface area contributed by atoms with Crippen LogP contribution in [-0.4, -0.2) is 79.2 Å². The Morgan fingerprint density at radius 3 is 2.38 bits per heavy atom. The minimum Gasteiger partial charge on any atom is -0.464 e. The van der Waals surface area contributed by atoms with Gasteiger partial charge in [-0.1, -0.05) is 18.2 Å². The van der Waals surface area contributed by atoms with Gasteiger partial charge in [-0.05, 0) is 54.4 Å². The Morgan fingerprint density at radius 1 is 0.875 bits per heavy atom. The predicted octanol–water partition coefficient (Wildman–Crippen LogP) is 3.39. The van der Waals surface area contributed by atoms with Gasteiger partial charge in [0.25, 0.3) is 0 Å². The molecule has 3 heterocycles. The number of nitrogens with zero attached hydrogens (tertiary/aromatic N) is 3. The van der Waals surface area contributed by atoms with E-state index in [0.717, 1.165) is 24.4 Å². The average Bonchev–Trinajstić information content (AvgIpc) is 3.60. The zero-order valence-corrected chi connectivity index (χ0v) is 22.6. The van der Waals surface area contributed by atoms with Crippen LogP contribution in [0.4, 0.5) is 4.39 Å². The smallest absolute Gasteiger partial charge is 0.242 e. The maximum Gasteiger partial charge on any atom is 0.242 e. The molecule has 1 aromatic heterocycles. The number of hydrogen-bond acceptors (Lipinski definition) is 7. The molecule has 3 aromatic rings. The number of carbonyl (C=O) groups excluding carboxylic acids is 2. The largest absolute Gasteiger partial charge is 0.464 e. The molecule has 212 valence electrons. The molecule has 0 aliphatic carbocycles. The third-order valence-electron chi connectivity index (χ3n) is 7.04. The van der Waals surface area contributed by atoms with Gasteiger partial charge in [0.05, 0.1) is 32.7 Å². The maximum absolute atomic E-state index is 13.8. The zero-order chi connectivity index (χ0) is 27.9. The van der Waals surface area contributed by atoms with E-state index in [-0.39, 0.29) is 43.9 Å². The van der Waals surface area contributed by atoms with Crippen LogP contribution in [0.25, 0.3) is 0 Å². The van der Waals surface area contributed by atoms with Crippen molar-refractivity contribution in [2.45, 2.75) is 26.4 Å². The van der Waals surface area contributed by atoms with Gasteiger partial charge in [-0.3, -0.25) is 14.5 Å². The summed E-state index contributed by atoms with van der Waals surface area (Å²) in [5.41, 5.74) is 1.57. The van der Waals surface area contributed by atoms with E-state index < -0.39 is 0 Å². The third-order valence-corrected chi connectivity index (χ3v) is 7.04. The number of fused-ring (bicyclic) bond motifs is 1. The number of rotatable bonds is 11. The van der Waals surface area contributed by atoms with Crippen LogP contribution in [0.1, 0.15) is 22.6 Å². The third kappa shape index (κ3) is 7.40. The molecule has 5 rings (SSSR count). The summed E-state index contributed by atoms with van der Waals surface area (Å²) < 4.78 is 35.6. The lowest BCUT2D eigenvalue weighted by molar-refractivity contribution is -0.141. The number of morpholine rings is 1. The molecule has 1 fully saturated rings. The second-order valence-corrected chi connectivity index (χ2v) is 10.0. The molecule has 9 nitrogen and oxygen atoms in total. The van der Waals surface area contributed by atoms with Crippen LogP contribution in [0.15, 0.2) is 59.0 Å². The highest BCUT2D eigenvalue weighted by atomic mass is 19.1. The molecule has 10 heteroatoms. The number of aryl methyl sites for hydroxylation is 1. The van der Waals surface area contributed by atoms with Gasteiger partial charge >= 0.3 is 0 Å². The molecule has 0 spiro atoms. The molecular weight excluding hydrogens is 517 g/mol. The lowest BCUT2D eigenvalue weighted by Gasteiger charge is -2.31. The van der Waals surface area contributed by atoms with Gasteiger partial charge in [0.15, 0.2) is 11.5 Å². The molecule has 2 amide bonds. The fraction of sp³-hybridized carbons (Fsp3) is 0.400. The van der Waals surface area contributed by atoms with E-state index in [1.54, 1.807) is 21.9 Å². The molecule has 0 radical (unpaired) electrons. The summed E-state index contributed by atoms with van der Waals surface area (Å²) >= 11 is 0. The molecule has 0 bridgehead atoms. The summed E-state index contributed by atoms with van der Waals surface area (Å²) in [6.45, 7) is 6.37. The van der Waals surface area contributed by atoms with Crippen LogP contribution in [0, 0.1) is 12.7 Å². The van der Waals surface area contributed by atoms with Crippen LogP contribution in [0.5, 0.6) is 11.5 Å². The highest BCUT2D eigenvalue weighted by molar-refractivity contribution is 5.86. The SMILES string of the molecule is Cc1ccc(CN(Cc2ccc3c(c2)OCO3)C(=O)CN(CCN2CCOCC2)C(=O)Cc2ccc(F)cc2)o1. The second-order valence-electron chi connectivity index (χ2n) is 10.0. The summed E-state index contributed by atoms with van der Waals surface area (Å²) in [6.07, 6.45) is 0.0796. The first-order valence-corrected chi connectivity index (χ1v) is 13.5. The summed E-state index contributed by atoms with van der Waals surface area (Å²) in [6, 6.07) is 15.2. The molecule has 1 saturated heterocycles. The Kier molecular flexibility index (Phi) is 8.98. The second kappa shape index (κ2) is 13.0. The Labute approximate surface area is 233 Å². The number of ether oxygens (including phenoxy) is 3. The van der Waals surface area contributed by atoms with Gasteiger partial charge in [0, 0.05) is 32.7 Å². The van der Waals surface area contributed by atoms with E-state index in [1.165, 1.54) is 12.1 Å². The highest BCUT2D eigenvalue weighted by Crippen LogP contribution is 2.33. The molecule has 2 aliphatic heterocycles. The minimum absolute atomic E-state index is 0.0796. The van der Waals surface area contributed by atoms with Crippen LogP contribution in [0.2, 0.25) is 0 Å². The van der Waals surface area contributed by atoms with E-state index in [1.807, 2.05) is 37.3 Å². The Morgan fingerprint density at radius 2 is 1.62 bits per heavy atom. The van der Waals surface area contributed by atoms with Crippen LogP contribution in [-0.2, 0) is 33.8 Å². The van der Waals surface area contributed by atoms with Crippen molar-refractivity contribution in [1.82, 2.24) is 14.7 Å². The Bertz CT molecular complexity index is 1310. The lowest BCUT2D eigenvalue weighted by Crippen LogP contribution is -2.47. The summed E-state index contributed by atoms with van der Waals surface area (Å²) in [4.78, 5) is 32.8. The minimum atomic E-state index is -0.358. The monoisotopic (exact) mass is 551 g/mol. The van der Waals surface area contributed by atoms with Gasteiger partial charge in [-0.25, -0.2) is 4.39 Å². The van der Waals surface area contributed by atoms with Crippen LogP contribution in [0.3, 0.4) is 0 Å². The first-order chi connectivity index (χ1) is 19.4. The van der Waals surface area contributed by atoms with E-state index in [4.69, 9.17) is 18.6 Å². The fourth-order valence-corrected chi connectivity index (χ4v) is 4.78. The van der Waals surface area contributed by atoms with Gasteiger partial charge in [-0.15, -0.1) is 0 Å². The van der Waals surface area contributed by atoms with Crippen molar-refractivity contribution in [3.05, 3.63) is 83.1 Å². The van der Waals surface area contributed by atoms with Gasteiger partial charge < -0.3 is 28.4 Å². The molecule has 0 unspecified atom stereocenters. The molecular formula is C30H34FN3O6. The first kappa shape index (κ1) is 27.7. The van der Waals surface area contributed by atoms with Crippen molar-refractivity contribution in [2.75, 3.05) is 52.7 Å². The summed E-state index contributed by atoms with van der Waals surface area (Å²) in [5, 5.41) is 0. The number of amides is 2. The first-order valence-electron chi connectivity index (χ1n) is 13.5. The van der Waals surface area contributed by atoms with E-state index in [2.05, 4.69) is 4.90 Å². The normalized spacial score (nSPS) is 14.8. The lowest BCUT2D eigenvalue weighted by atomic mass is 10.1. The number of halogens is 1. The Balaban J connectivity index is 1.32. The highest BCUT2D eigenvalue weighted by Gasteiger charge is 2.25. The van der Waals surface area contributed by atoms with Gasteiger partial charge in [0.1, 0.15) is 17.3 Å². The van der Waals surface area contributed by atoms with E-state index in [0.29, 0.717) is 55.7 Å². The molecule has 2 aromatic carbocycles. The molecule has 0 N–H and O–H groups in total. The average molecular weight is 552 g/mol. The van der Waals surface area contributed by atoms with Crippen molar-refractivity contribution in [3.63, 3.8) is 0 Å². The van der Waals surface area contributed by atoms with E-state index in [9.17, 15) is 14.0 Å². The maximum atomic E-state index is 13.8. The zero-order valence-electron chi connectivity index (χ0n) is 22.6. The summed E-state index contributed by atoms with van der Waals surface area (Å²) in [7, 11) is 0. The number of carbonyl (C=O) groups is 2. The predicted molar refractivity (Wildman–Crippen MR) is 144 cm³/mol. The van der Waals surface area contributed by atoms with Crippen molar-refractivity contribution in [1.29, 1.82) is 0 Å². The fourth-order valence-electron chi connectivity index (χ4n) is 4.78. The molecule has 0 atom stereocenters. The quantitative estimate of drug-likeness (QED) is 0.361. The summed E-state index contributed by atoms with van der Waals surface area (Å²) in [5.74, 6) is 1.97. The molecule has 0 saturated carbocycles. The van der Waals surface area contributed by atoms with Crippen molar-refractivity contribution >= 4 is 11.8 Å². The van der Waals surface area contributed by atoms with Gasteiger partial charge in [-0.2, -0.15) is 0 Å². The van der Waals surface area contributed by atoms with Crippen LogP contribution < -0.4 is 9.47 Å². The van der Waals surface area contributed by atoms with Crippen molar-refractivity contribution in [3.8, 4) is 11.5 Å².